The van der Waals surface area contributed by atoms with Crippen molar-refractivity contribution in [3.05, 3.63) is 35.4 Å². The van der Waals surface area contributed by atoms with Crippen molar-refractivity contribution in [2.75, 3.05) is 13.1 Å². The number of aliphatic hydroxyl groups excluding tert-OH is 1. The minimum absolute atomic E-state index is 0.268. The maximum Gasteiger partial charge on any atom is 0.0951 e. The first-order chi connectivity index (χ1) is 10.8. The molecule has 2 fully saturated rings. The topological polar surface area (TPSA) is 32.7 Å². The molecule has 0 aromatic heterocycles. The van der Waals surface area contributed by atoms with E-state index in [9.17, 15) is 5.11 Å². The average molecular weight is 301 g/mol. The van der Waals surface area contributed by atoms with Crippen LogP contribution in [-0.2, 0) is 11.2 Å². The van der Waals surface area contributed by atoms with Crippen molar-refractivity contribution in [3.63, 3.8) is 0 Å². The number of nitrogens with zero attached hydrogens (tertiary/aromatic N) is 1. The summed E-state index contributed by atoms with van der Waals surface area (Å²) in [5.41, 5.74) is 2.46. The lowest BCUT2D eigenvalue weighted by atomic mass is 10.0. The monoisotopic (exact) mass is 301 g/mol. The highest BCUT2D eigenvalue weighted by Gasteiger charge is 2.36. The van der Waals surface area contributed by atoms with Gasteiger partial charge in [0.2, 0.25) is 0 Å². The number of hydrogen-bond donors (Lipinski definition) is 1. The zero-order valence-corrected chi connectivity index (χ0v) is 13.3. The van der Waals surface area contributed by atoms with Gasteiger partial charge in [-0.25, -0.2) is 0 Å². The van der Waals surface area contributed by atoms with E-state index in [1.807, 2.05) is 6.07 Å². The van der Waals surface area contributed by atoms with Gasteiger partial charge in [-0.1, -0.05) is 37.1 Å². The van der Waals surface area contributed by atoms with Gasteiger partial charge in [0.1, 0.15) is 0 Å². The summed E-state index contributed by atoms with van der Waals surface area (Å²) in [6.45, 7) is 2.13. The molecule has 22 heavy (non-hydrogen) atoms. The minimum atomic E-state index is -0.316. The van der Waals surface area contributed by atoms with Crippen LogP contribution in [0.4, 0.5) is 0 Å². The molecule has 1 N–H and O–H groups in total. The number of rotatable bonds is 3. The molecule has 2 aliphatic carbocycles. The number of fused-ring (bicyclic) bond motifs is 1. The molecule has 1 saturated heterocycles. The van der Waals surface area contributed by atoms with Crippen molar-refractivity contribution < 1.29 is 9.84 Å². The van der Waals surface area contributed by atoms with Crippen LogP contribution in [0.25, 0.3) is 0 Å². The zero-order valence-electron chi connectivity index (χ0n) is 13.3. The Morgan fingerprint density at radius 2 is 1.64 bits per heavy atom. The van der Waals surface area contributed by atoms with Crippen LogP contribution in [0, 0.1) is 0 Å². The molecule has 0 radical (unpaired) electrons. The average Bonchev–Trinajstić information content (AvgIpc) is 3.17. The van der Waals surface area contributed by atoms with Crippen LogP contribution in [-0.4, -0.2) is 41.3 Å². The Morgan fingerprint density at radius 1 is 0.955 bits per heavy atom. The molecule has 2 unspecified atom stereocenters. The summed E-state index contributed by atoms with van der Waals surface area (Å²) in [5.74, 6) is 0. The van der Waals surface area contributed by atoms with Gasteiger partial charge in [0, 0.05) is 19.1 Å². The van der Waals surface area contributed by atoms with E-state index in [-0.39, 0.29) is 12.1 Å². The third kappa shape index (κ3) is 2.82. The lowest BCUT2D eigenvalue weighted by molar-refractivity contribution is -0.0532. The molecule has 0 amide bonds. The summed E-state index contributed by atoms with van der Waals surface area (Å²) in [6.07, 6.45) is 9.10. The normalized spacial score (nSPS) is 30.8. The summed E-state index contributed by atoms with van der Waals surface area (Å²) in [5, 5.41) is 10.6. The quantitative estimate of drug-likeness (QED) is 0.931. The summed E-state index contributed by atoms with van der Waals surface area (Å²) >= 11 is 0. The van der Waals surface area contributed by atoms with Gasteiger partial charge >= 0.3 is 0 Å². The Morgan fingerprint density at radius 3 is 2.36 bits per heavy atom. The van der Waals surface area contributed by atoms with Gasteiger partial charge in [0.25, 0.3) is 0 Å². The van der Waals surface area contributed by atoms with E-state index in [1.54, 1.807) is 0 Å². The Balaban J connectivity index is 1.32. The van der Waals surface area contributed by atoms with Crippen LogP contribution in [0.5, 0.6) is 0 Å². The molecule has 0 bridgehead atoms. The highest BCUT2D eigenvalue weighted by Crippen LogP contribution is 2.36. The molecule has 1 heterocycles. The Bertz CT molecular complexity index is 504. The molecule has 1 aromatic rings. The third-order valence-electron chi connectivity index (χ3n) is 5.80. The Kier molecular flexibility index (Phi) is 4.21. The second kappa shape index (κ2) is 6.31. The number of ether oxygens (including phenoxy) is 1. The fourth-order valence-corrected chi connectivity index (χ4v) is 4.52. The van der Waals surface area contributed by atoms with Crippen molar-refractivity contribution in [1.82, 2.24) is 4.90 Å². The van der Waals surface area contributed by atoms with E-state index in [1.165, 1.54) is 31.2 Å². The highest BCUT2D eigenvalue weighted by molar-refractivity contribution is 5.35. The first kappa shape index (κ1) is 14.7. The number of piperidine rings is 1. The van der Waals surface area contributed by atoms with Crippen molar-refractivity contribution in [1.29, 1.82) is 0 Å². The predicted octanol–water partition coefficient (Wildman–Crippen LogP) is 3.07. The van der Waals surface area contributed by atoms with Crippen LogP contribution < -0.4 is 0 Å². The van der Waals surface area contributed by atoms with Gasteiger partial charge in [-0.2, -0.15) is 0 Å². The van der Waals surface area contributed by atoms with E-state index < -0.39 is 0 Å². The molecule has 3 aliphatic rings. The van der Waals surface area contributed by atoms with E-state index >= 15 is 0 Å². The first-order valence-electron chi connectivity index (χ1n) is 8.96. The molecule has 3 nitrogen and oxygen atoms in total. The fraction of sp³-hybridized carbons (Fsp3) is 0.684. The summed E-state index contributed by atoms with van der Waals surface area (Å²) in [6, 6.07) is 8.62. The maximum atomic E-state index is 10.6. The largest absolute Gasteiger partial charge is 0.387 e. The second-order valence-corrected chi connectivity index (χ2v) is 7.19. The van der Waals surface area contributed by atoms with Gasteiger partial charge in [-0.3, -0.25) is 4.90 Å². The molecule has 2 atom stereocenters. The Hall–Kier alpha value is -0.900. The van der Waals surface area contributed by atoms with Crippen molar-refractivity contribution in [2.24, 2.45) is 0 Å². The van der Waals surface area contributed by atoms with Crippen LogP contribution in [0.1, 0.15) is 55.8 Å². The van der Waals surface area contributed by atoms with Crippen molar-refractivity contribution in [2.45, 2.75) is 69.3 Å². The maximum absolute atomic E-state index is 10.6. The summed E-state index contributed by atoms with van der Waals surface area (Å²) in [7, 11) is 0. The van der Waals surface area contributed by atoms with Gasteiger partial charge in [0.15, 0.2) is 0 Å². The number of likely N-dealkylation sites (tertiary alicyclic amines) is 1. The predicted molar refractivity (Wildman–Crippen MR) is 86.8 cm³/mol. The number of benzene rings is 1. The van der Waals surface area contributed by atoms with Gasteiger partial charge in [-0.15, -0.1) is 0 Å². The van der Waals surface area contributed by atoms with Crippen LogP contribution in [0.2, 0.25) is 0 Å². The molecular weight excluding hydrogens is 274 g/mol. The SMILES string of the molecule is OC1c2ccccc2CC1N1CCC(OC2CCCC2)CC1. The van der Waals surface area contributed by atoms with Gasteiger partial charge < -0.3 is 9.84 Å². The Labute approximate surface area is 133 Å². The molecule has 1 saturated carbocycles. The molecule has 1 aromatic carbocycles. The van der Waals surface area contributed by atoms with Crippen LogP contribution >= 0.6 is 0 Å². The lowest BCUT2D eigenvalue weighted by Gasteiger charge is -2.38. The van der Waals surface area contributed by atoms with E-state index in [0.29, 0.717) is 12.2 Å². The minimum Gasteiger partial charge on any atom is -0.387 e. The van der Waals surface area contributed by atoms with Crippen molar-refractivity contribution in [3.8, 4) is 0 Å². The lowest BCUT2D eigenvalue weighted by Crippen LogP contribution is -2.45. The standard InChI is InChI=1S/C19H27NO2/c21-19-17-8-4-1-5-14(17)13-18(19)20-11-9-16(10-12-20)22-15-6-2-3-7-15/h1,4-5,8,15-16,18-19,21H,2-3,6-7,9-13H2. The van der Waals surface area contributed by atoms with Crippen LogP contribution in [0.15, 0.2) is 24.3 Å². The van der Waals surface area contributed by atoms with E-state index in [2.05, 4.69) is 23.1 Å². The van der Waals surface area contributed by atoms with Gasteiger partial charge in [0.05, 0.1) is 18.3 Å². The summed E-state index contributed by atoms with van der Waals surface area (Å²) in [4.78, 5) is 2.49. The fourth-order valence-electron chi connectivity index (χ4n) is 4.52. The van der Waals surface area contributed by atoms with Crippen molar-refractivity contribution >= 4 is 0 Å². The second-order valence-electron chi connectivity index (χ2n) is 7.19. The molecule has 1 aliphatic heterocycles. The molecular formula is C19H27NO2. The number of aliphatic hydroxyl groups is 1. The number of hydrogen-bond acceptors (Lipinski definition) is 3. The van der Waals surface area contributed by atoms with Gasteiger partial charge in [-0.05, 0) is 43.2 Å². The molecule has 0 spiro atoms. The van der Waals surface area contributed by atoms with E-state index in [4.69, 9.17) is 4.74 Å². The van der Waals surface area contributed by atoms with Crippen LogP contribution in [0.3, 0.4) is 0 Å². The molecule has 120 valence electrons. The zero-order chi connectivity index (χ0) is 14.9. The first-order valence-corrected chi connectivity index (χ1v) is 8.96. The van der Waals surface area contributed by atoms with E-state index in [0.717, 1.165) is 37.9 Å². The molecule has 3 heteroatoms. The highest BCUT2D eigenvalue weighted by atomic mass is 16.5. The summed E-state index contributed by atoms with van der Waals surface area (Å²) < 4.78 is 6.26. The molecule has 4 rings (SSSR count). The third-order valence-corrected chi connectivity index (χ3v) is 5.80. The smallest absolute Gasteiger partial charge is 0.0951 e.